The first-order valence-corrected chi connectivity index (χ1v) is 7.03. The molecule has 1 unspecified atom stereocenters. The summed E-state index contributed by atoms with van der Waals surface area (Å²) in [5, 5.41) is 2.96. The second-order valence-electron chi connectivity index (χ2n) is 5.35. The predicted octanol–water partition coefficient (Wildman–Crippen LogP) is 2.42. The molecule has 0 aliphatic rings. The minimum Gasteiger partial charge on any atom is -0.355 e. The van der Waals surface area contributed by atoms with Crippen molar-refractivity contribution in [2.24, 2.45) is 0 Å². The first-order chi connectivity index (χ1) is 9.02. The van der Waals surface area contributed by atoms with Gasteiger partial charge < -0.3 is 10.2 Å². The molecule has 106 valence electrons. The number of rotatable bonds is 7. The molecule has 0 bridgehead atoms. The molecule has 0 spiro atoms. The van der Waals surface area contributed by atoms with Gasteiger partial charge in [-0.1, -0.05) is 38.1 Å². The Kier molecular flexibility index (Phi) is 6.57. The fraction of sp³-hybridized carbons (Fsp3) is 0.562. The van der Waals surface area contributed by atoms with Crippen LogP contribution in [0.15, 0.2) is 24.3 Å². The quantitative estimate of drug-likeness (QED) is 0.818. The van der Waals surface area contributed by atoms with E-state index in [1.165, 1.54) is 11.1 Å². The highest BCUT2D eigenvalue weighted by Crippen LogP contribution is 2.19. The molecule has 0 heterocycles. The van der Waals surface area contributed by atoms with Gasteiger partial charge in [-0.15, -0.1) is 0 Å². The third-order valence-electron chi connectivity index (χ3n) is 3.33. The molecule has 0 aliphatic heterocycles. The first kappa shape index (κ1) is 15.7. The zero-order valence-corrected chi connectivity index (χ0v) is 12.6. The summed E-state index contributed by atoms with van der Waals surface area (Å²) in [5.41, 5.74) is 2.58. The molecule has 1 rings (SSSR count). The largest absolute Gasteiger partial charge is 0.355 e. The summed E-state index contributed by atoms with van der Waals surface area (Å²) in [6.45, 7) is 5.85. The number of carbonyl (C=O) groups excluding carboxylic acids is 1. The molecule has 0 aliphatic carbocycles. The van der Waals surface area contributed by atoms with E-state index in [9.17, 15) is 4.79 Å². The van der Waals surface area contributed by atoms with Crippen LogP contribution in [0.2, 0.25) is 0 Å². The molecule has 0 saturated carbocycles. The van der Waals surface area contributed by atoms with Gasteiger partial charge in [0.05, 0.1) is 0 Å². The molecular weight excluding hydrogens is 236 g/mol. The van der Waals surface area contributed by atoms with Crippen molar-refractivity contribution in [1.29, 1.82) is 0 Å². The molecule has 19 heavy (non-hydrogen) atoms. The molecule has 0 saturated heterocycles. The molecule has 0 fully saturated rings. The average Bonchev–Trinajstić information content (AvgIpc) is 2.38. The third kappa shape index (κ3) is 5.88. The number of hydrogen-bond donors (Lipinski definition) is 1. The van der Waals surface area contributed by atoms with Gasteiger partial charge in [0, 0.05) is 19.5 Å². The zero-order chi connectivity index (χ0) is 14.3. The molecule has 3 nitrogen and oxygen atoms in total. The van der Waals surface area contributed by atoms with E-state index in [1.54, 1.807) is 0 Å². The molecule has 3 heteroatoms. The summed E-state index contributed by atoms with van der Waals surface area (Å²) in [6, 6.07) is 8.57. The molecule has 1 aromatic carbocycles. The van der Waals surface area contributed by atoms with E-state index in [4.69, 9.17) is 0 Å². The van der Waals surface area contributed by atoms with Crippen molar-refractivity contribution in [2.75, 3.05) is 27.2 Å². The predicted molar refractivity (Wildman–Crippen MR) is 80.4 cm³/mol. The van der Waals surface area contributed by atoms with Crippen LogP contribution >= 0.6 is 0 Å². The van der Waals surface area contributed by atoms with Crippen molar-refractivity contribution >= 4 is 5.91 Å². The van der Waals surface area contributed by atoms with E-state index in [1.807, 2.05) is 14.1 Å². The maximum Gasteiger partial charge on any atom is 0.220 e. The number of hydrogen-bond acceptors (Lipinski definition) is 2. The van der Waals surface area contributed by atoms with E-state index in [-0.39, 0.29) is 11.8 Å². The minimum atomic E-state index is 0.133. The Balaban J connectivity index is 2.40. The van der Waals surface area contributed by atoms with Crippen LogP contribution in [0.5, 0.6) is 0 Å². The molecule has 1 atom stereocenters. The normalized spacial score (nSPS) is 12.5. The van der Waals surface area contributed by atoms with Crippen molar-refractivity contribution < 1.29 is 4.79 Å². The van der Waals surface area contributed by atoms with Crippen LogP contribution in [0.25, 0.3) is 0 Å². The SMILES string of the molecule is CCc1ccc(C(C)CC(=O)NCCN(C)C)cc1. The van der Waals surface area contributed by atoms with Gasteiger partial charge in [-0.2, -0.15) is 0 Å². The molecule has 1 amide bonds. The van der Waals surface area contributed by atoms with Crippen LogP contribution in [0, 0.1) is 0 Å². The Morgan fingerprint density at radius 1 is 1.26 bits per heavy atom. The summed E-state index contributed by atoms with van der Waals surface area (Å²) in [7, 11) is 4.01. The highest BCUT2D eigenvalue weighted by Gasteiger charge is 2.10. The van der Waals surface area contributed by atoms with E-state index < -0.39 is 0 Å². The van der Waals surface area contributed by atoms with E-state index >= 15 is 0 Å². The lowest BCUT2D eigenvalue weighted by Crippen LogP contribution is -2.31. The van der Waals surface area contributed by atoms with Gasteiger partial charge in [0.15, 0.2) is 0 Å². The number of nitrogens with one attached hydrogen (secondary N) is 1. The van der Waals surface area contributed by atoms with Crippen molar-refractivity contribution in [3.8, 4) is 0 Å². The minimum absolute atomic E-state index is 0.133. The average molecular weight is 262 g/mol. The van der Waals surface area contributed by atoms with Gasteiger partial charge in [0.2, 0.25) is 5.91 Å². The van der Waals surface area contributed by atoms with Gasteiger partial charge in [-0.3, -0.25) is 4.79 Å². The lowest BCUT2D eigenvalue weighted by Gasteiger charge is -2.14. The second kappa shape index (κ2) is 7.95. The Bertz CT molecular complexity index is 384. The second-order valence-corrected chi connectivity index (χ2v) is 5.35. The van der Waals surface area contributed by atoms with Crippen LogP contribution in [0.4, 0.5) is 0 Å². The van der Waals surface area contributed by atoms with E-state index in [0.29, 0.717) is 13.0 Å². The summed E-state index contributed by atoms with van der Waals surface area (Å²) < 4.78 is 0. The highest BCUT2D eigenvalue weighted by molar-refractivity contribution is 5.76. The monoisotopic (exact) mass is 262 g/mol. The standard InChI is InChI=1S/C16H26N2O/c1-5-14-6-8-15(9-7-14)13(2)12-16(19)17-10-11-18(3)4/h6-9,13H,5,10-12H2,1-4H3,(H,17,19). The maximum absolute atomic E-state index is 11.8. The zero-order valence-electron chi connectivity index (χ0n) is 12.6. The number of amides is 1. The van der Waals surface area contributed by atoms with E-state index in [2.05, 4.69) is 48.3 Å². The highest BCUT2D eigenvalue weighted by atomic mass is 16.1. The third-order valence-corrected chi connectivity index (χ3v) is 3.33. The molecule has 0 aromatic heterocycles. The number of likely N-dealkylation sites (N-methyl/N-ethyl adjacent to an activating group) is 1. The molecule has 1 aromatic rings. The van der Waals surface area contributed by atoms with Gasteiger partial charge in [-0.25, -0.2) is 0 Å². The number of nitrogens with zero attached hydrogens (tertiary/aromatic N) is 1. The van der Waals surface area contributed by atoms with Crippen molar-refractivity contribution in [1.82, 2.24) is 10.2 Å². The lowest BCUT2D eigenvalue weighted by atomic mass is 9.96. The summed E-state index contributed by atoms with van der Waals surface area (Å²) in [5.74, 6) is 0.402. The van der Waals surface area contributed by atoms with Gasteiger partial charge in [0.25, 0.3) is 0 Å². The summed E-state index contributed by atoms with van der Waals surface area (Å²) >= 11 is 0. The molecule has 0 radical (unpaired) electrons. The van der Waals surface area contributed by atoms with Gasteiger partial charge in [-0.05, 0) is 37.6 Å². The topological polar surface area (TPSA) is 32.3 Å². The Morgan fingerprint density at radius 3 is 2.42 bits per heavy atom. The molecular formula is C16H26N2O. The van der Waals surface area contributed by atoms with Crippen molar-refractivity contribution in [3.63, 3.8) is 0 Å². The van der Waals surface area contributed by atoms with Crippen LogP contribution < -0.4 is 5.32 Å². The maximum atomic E-state index is 11.8. The van der Waals surface area contributed by atoms with E-state index in [0.717, 1.165) is 13.0 Å². The number of carbonyl (C=O) groups is 1. The van der Waals surface area contributed by atoms with Crippen LogP contribution in [-0.4, -0.2) is 38.0 Å². The first-order valence-electron chi connectivity index (χ1n) is 7.03. The van der Waals surface area contributed by atoms with Crippen LogP contribution in [-0.2, 0) is 11.2 Å². The summed E-state index contributed by atoms with van der Waals surface area (Å²) in [6.07, 6.45) is 1.61. The fourth-order valence-electron chi connectivity index (χ4n) is 1.97. The molecule has 1 N–H and O–H groups in total. The van der Waals surface area contributed by atoms with Crippen LogP contribution in [0.1, 0.15) is 37.3 Å². The fourth-order valence-corrected chi connectivity index (χ4v) is 1.97. The Morgan fingerprint density at radius 2 is 1.89 bits per heavy atom. The summed E-state index contributed by atoms with van der Waals surface area (Å²) in [4.78, 5) is 13.9. The van der Waals surface area contributed by atoms with Gasteiger partial charge >= 0.3 is 0 Å². The van der Waals surface area contributed by atoms with Crippen LogP contribution in [0.3, 0.4) is 0 Å². The van der Waals surface area contributed by atoms with Crippen molar-refractivity contribution in [3.05, 3.63) is 35.4 Å². The Hall–Kier alpha value is -1.35. The lowest BCUT2D eigenvalue weighted by molar-refractivity contribution is -0.121. The number of benzene rings is 1. The smallest absolute Gasteiger partial charge is 0.220 e. The van der Waals surface area contributed by atoms with Gasteiger partial charge in [0.1, 0.15) is 0 Å². The Labute approximate surface area is 117 Å². The van der Waals surface area contributed by atoms with Crippen molar-refractivity contribution in [2.45, 2.75) is 32.6 Å². The number of aryl methyl sites for hydroxylation is 1.